The summed E-state index contributed by atoms with van der Waals surface area (Å²) in [6.45, 7) is 0. The minimum Gasteiger partial charge on any atom is -0.507 e. The fourth-order valence-electron chi connectivity index (χ4n) is 4.57. The van der Waals surface area contributed by atoms with Crippen LogP contribution in [0, 0.1) is 0 Å². The van der Waals surface area contributed by atoms with Crippen molar-refractivity contribution >= 4 is 16.8 Å². The number of nitrogens with one attached hydrogen (secondary N) is 2. The number of fused-ring (bicyclic) bond motifs is 3. The number of carbonyl (C=O) groups excluding carboxylic acids is 1. The summed E-state index contributed by atoms with van der Waals surface area (Å²) >= 11 is 0. The lowest BCUT2D eigenvalue weighted by Gasteiger charge is -2.42. The van der Waals surface area contributed by atoms with Gasteiger partial charge in [0.2, 0.25) is 5.88 Å². The van der Waals surface area contributed by atoms with Crippen LogP contribution in [0.2, 0.25) is 0 Å². The van der Waals surface area contributed by atoms with Crippen molar-refractivity contribution in [3.63, 3.8) is 0 Å². The van der Waals surface area contributed by atoms with Crippen LogP contribution in [0.3, 0.4) is 0 Å². The molecule has 2 bridgehead atoms. The Hall–Kier alpha value is -3.33. The second-order valence-electron chi connectivity index (χ2n) is 8.33. The largest absolute Gasteiger partial charge is 0.507 e. The minimum absolute atomic E-state index is 0.0305. The lowest BCUT2D eigenvalue weighted by atomic mass is 9.84. The van der Waals surface area contributed by atoms with Crippen molar-refractivity contribution < 1.29 is 19.0 Å². The second-order valence-corrected chi connectivity index (χ2v) is 8.33. The molecule has 3 aromatic rings. The molecule has 0 spiro atoms. The Bertz CT molecular complexity index is 1160. The Morgan fingerprint density at radius 1 is 1.22 bits per heavy atom. The quantitative estimate of drug-likeness (QED) is 0.576. The van der Waals surface area contributed by atoms with E-state index in [0.717, 1.165) is 24.6 Å². The molecule has 4 heterocycles. The standard InChI is InChI=1S/C23H24FN5O3/c1-25-23(31)17-6-5-12-9-14(19(30)11-18(12)27-17)15-7-8-21(29-28-15)32-20-10-13-3-2-4-16(26-13)22(20)24/h5-9,11,13,16,20,22,26,30H,2-4,10H2,1H3,(H,25,31)/t13?,16?,20-,22+/m1/s1. The average Bonchev–Trinajstić information content (AvgIpc) is 2.82. The molecule has 0 radical (unpaired) electrons. The lowest BCUT2D eigenvalue weighted by molar-refractivity contribution is 0.00652. The third-order valence-corrected chi connectivity index (χ3v) is 6.23. The van der Waals surface area contributed by atoms with Gasteiger partial charge in [-0.05, 0) is 31.0 Å². The van der Waals surface area contributed by atoms with Crippen molar-refractivity contribution in [2.75, 3.05) is 7.05 Å². The van der Waals surface area contributed by atoms with E-state index in [1.54, 1.807) is 30.3 Å². The monoisotopic (exact) mass is 437 g/mol. The van der Waals surface area contributed by atoms with E-state index >= 15 is 0 Å². The Balaban J connectivity index is 1.36. The summed E-state index contributed by atoms with van der Waals surface area (Å²) in [7, 11) is 1.53. The molecule has 2 unspecified atom stereocenters. The number of benzene rings is 1. The number of hydrogen-bond donors (Lipinski definition) is 3. The van der Waals surface area contributed by atoms with Crippen LogP contribution < -0.4 is 15.4 Å². The topological polar surface area (TPSA) is 109 Å². The Labute approximate surface area is 184 Å². The molecular formula is C23H24FN5O3. The zero-order valence-corrected chi connectivity index (χ0v) is 17.6. The highest BCUT2D eigenvalue weighted by molar-refractivity contribution is 5.96. The van der Waals surface area contributed by atoms with Crippen LogP contribution in [0.1, 0.15) is 36.2 Å². The van der Waals surface area contributed by atoms with Gasteiger partial charge in [-0.25, -0.2) is 9.37 Å². The minimum atomic E-state index is -1.08. The SMILES string of the molecule is CNC(=O)c1ccc2cc(-c3ccc(O[C@@H]4CC5CCCC(N5)[C@@H]4F)nn3)c(O)cc2n1. The normalized spacial score (nSPS) is 24.8. The van der Waals surface area contributed by atoms with Gasteiger partial charge in [0.25, 0.3) is 5.91 Å². The van der Waals surface area contributed by atoms with E-state index < -0.39 is 12.3 Å². The van der Waals surface area contributed by atoms with Gasteiger partial charge in [0.05, 0.1) is 11.2 Å². The second kappa shape index (κ2) is 8.31. The first-order valence-electron chi connectivity index (χ1n) is 10.8. The number of amides is 1. The molecule has 2 saturated heterocycles. The average molecular weight is 437 g/mol. The Kier molecular flexibility index (Phi) is 5.34. The zero-order chi connectivity index (χ0) is 22.2. The van der Waals surface area contributed by atoms with Crippen LogP contribution in [0.4, 0.5) is 4.39 Å². The number of hydrogen-bond acceptors (Lipinski definition) is 7. The number of aromatic nitrogens is 3. The summed E-state index contributed by atoms with van der Waals surface area (Å²) in [5.41, 5.74) is 1.68. The first-order valence-corrected chi connectivity index (χ1v) is 10.8. The van der Waals surface area contributed by atoms with Gasteiger partial charge in [0.15, 0.2) is 6.17 Å². The van der Waals surface area contributed by atoms with E-state index in [2.05, 4.69) is 25.8 Å². The first kappa shape index (κ1) is 20.6. The van der Waals surface area contributed by atoms with Gasteiger partial charge in [-0.2, -0.15) is 0 Å². The summed E-state index contributed by atoms with van der Waals surface area (Å²) in [5, 5.41) is 25.4. The molecule has 0 aliphatic carbocycles. The highest BCUT2D eigenvalue weighted by Gasteiger charge is 2.41. The van der Waals surface area contributed by atoms with Crippen LogP contribution in [0.5, 0.6) is 11.6 Å². The van der Waals surface area contributed by atoms with Gasteiger partial charge < -0.3 is 20.5 Å². The number of rotatable bonds is 4. The lowest BCUT2D eigenvalue weighted by Crippen LogP contribution is -2.59. The molecule has 1 aromatic carbocycles. The van der Waals surface area contributed by atoms with Crippen LogP contribution in [0.25, 0.3) is 22.2 Å². The number of phenolic OH excluding ortho intramolecular Hbond substituents is 1. The molecule has 1 amide bonds. The predicted molar refractivity (Wildman–Crippen MR) is 116 cm³/mol. The third-order valence-electron chi connectivity index (χ3n) is 6.23. The molecule has 8 nitrogen and oxygen atoms in total. The van der Waals surface area contributed by atoms with Gasteiger partial charge in [0, 0.05) is 48.6 Å². The first-order chi connectivity index (χ1) is 15.5. The highest BCUT2D eigenvalue weighted by Crippen LogP contribution is 2.33. The molecule has 2 fully saturated rings. The smallest absolute Gasteiger partial charge is 0.269 e. The van der Waals surface area contributed by atoms with E-state index in [0.29, 0.717) is 23.2 Å². The third kappa shape index (κ3) is 3.84. The maximum atomic E-state index is 14.8. The number of alkyl halides is 1. The van der Waals surface area contributed by atoms with Crippen LogP contribution in [-0.4, -0.2) is 57.6 Å². The molecule has 9 heteroatoms. The maximum absolute atomic E-state index is 14.8. The van der Waals surface area contributed by atoms with Gasteiger partial charge in [-0.3, -0.25) is 4.79 Å². The van der Waals surface area contributed by atoms with Crippen molar-refractivity contribution in [2.45, 2.75) is 50.0 Å². The molecule has 32 heavy (non-hydrogen) atoms. The van der Waals surface area contributed by atoms with Crippen LogP contribution in [0.15, 0.2) is 36.4 Å². The summed E-state index contributed by atoms with van der Waals surface area (Å²) in [6, 6.07) is 10.1. The van der Waals surface area contributed by atoms with Gasteiger partial charge >= 0.3 is 0 Å². The summed E-state index contributed by atoms with van der Waals surface area (Å²) in [5.74, 6) is -0.0691. The Morgan fingerprint density at radius 2 is 2.09 bits per heavy atom. The molecule has 4 atom stereocenters. The predicted octanol–water partition coefficient (Wildman–Crippen LogP) is 2.76. The van der Waals surface area contributed by atoms with Crippen LogP contribution >= 0.6 is 0 Å². The van der Waals surface area contributed by atoms with Crippen molar-refractivity contribution in [1.29, 1.82) is 0 Å². The molecule has 2 aliphatic heterocycles. The fourth-order valence-corrected chi connectivity index (χ4v) is 4.57. The number of halogens is 1. The highest BCUT2D eigenvalue weighted by atomic mass is 19.1. The van der Waals surface area contributed by atoms with E-state index in [9.17, 15) is 14.3 Å². The zero-order valence-electron chi connectivity index (χ0n) is 17.6. The van der Waals surface area contributed by atoms with E-state index in [1.807, 2.05) is 0 Å². The molecular weight excluding hydrogens is 413 g/mol. The molecule has 0 saturated carbocycles. The fraction of sp³-hybridized carbons (Fsp3) is 0.391. The van der Waals surface area contributed by atoms with E-state index in [1.165, 1.54) is 13.1 Å². The van der Waals surface area contributed by atoms with E-state index in [4.69, 9.17) is 4.74 Å². The van der Waals surface area contributed by atoms with Gasteiger partial charge in [-0.1, -0.05) is 12.5 Å². The summed E-state index contributed by atoms with van der Waals surface area (Å²) in [6.07, 6.45) is 1.89. The molecule has 5 rings (SSSR count). The van der Waals surface area contributed by atoms with Gasteiger partial charge in [-0.15, -0.1) is 10.2 Å². The number of pyridine rings is 1. The van der Waals surface area contributed by atoms with Crippen molar-refractivity contribution in [1.82, 2.24) is 25.8 Å². The van der Waals surface area contributed by atoms with Crippen molar-refractivity contribution in [2.24, 2.45) is 0 Å². The Morgan fingerprint density at radius 3 is 2.88 bits per heavy atom. The van der Waals surface area contributed by atoms with E-state index in [-0.39, 0.29) is 35.3 Å². The maximum Gasteiger partial charge on any atom is 0.269 e. The molecule has 166 valence electrons. The summed E-state index contributed by atoms with van der Waals surface area (Å²) in [4.78, 5) is 16.1. The number of aromatic hydroxyl groups is 1. The molecule has 2 aliphatic rings. The number of piperidine rings is 2. The van der Waals surface area contributed by atoms with Crippen LogP contribution in [-0.2, 0) is 0 Å². The van der Waals surface area contributed by atoms with Crippen molar-refractivity contribution in [3.05, 3.63) is 42.1 Å². The molecule has 2 aromatic heterocycles. The summed E-state index contributed by atoms with van der Waals surface area (Å²) < 4.78 is 20.6. The number of ether oxygens (including phenoxy) is 1. The number of phenols is 1. The van der Waals surface area contributed by atoms with Crippen molar-refractivity contribution in [3.8, 4) is 22.9 Å². The number of nitrogens with zero attached hydrogens (tertiary/aromatic N) is 3. The number of carbonyl (C=O) groups is 1. The van der Waals surface area contributed by atoms with Gasteiger partial charge in [0.1, 0.15) is 17.5 Å². The molecule has 3 N–H and O–H groups in total.